The topological polar surface area (TPSA) is 29.1 Å². The number of alkyl halides is 3. The average molecular weight is 271 g/mol. The Kier molecular flexibility index (Phi) is 3.56. The fourth-order valence-electron chi connectivity index (χ4n) is 2.15. The zero-order valence-electron chi connectivity index (χ0n) is 10.7. The summed E-state index contributed by atoms with van der Waals surface area (Å²) in [5.74, 6) is -0.0418. The summed E-state index contributed by atoms with van der Waals surface area (Å²) in [7, 11) is 0. The molecule has 19 heavy (non-hydrogen) atoms. The van der Waals surface area contributed by atoms with E-state index in [1.165, 1.54) is 12.1 Å². The molecule has 0 saturated heterocycles. The van der Waals surface area contributed by atoms with Crippen molar-refractivity contribution in [1.29, 1.82) is 0 Å². The molecule has 2 nitrogen and oxygen atoms in total. The highest BCUT2D eigenvalue weighted by Gasteiger charge is 2.45. The number of amides is 1. The molecule has 1 aliphatic rings. The fourth-order valence-corrected chi connectivity index (χ4v) is 2.15. The summed E-state index contributed by atoms with van der Waals surface area (Å²) < 4.78 is 37.4. The standard InChI is InChI=1S/C14H16F3NO/c1-2-3-12(19)18-13(8-9-13)10-4-6-11(7-5-10)14(15,16)17/h4-7H,2-3,8-9H2,1H3,(H,18,19). The molecule has 1 fully saturated rings. The lowest BCUT2D eigenvalue weighted by molar-refractivity contribution is -0.137. The van der Waals surface area contributed by atoms with Gasteiger partial charge in [0, 0.05) is 6.42 Å². The predicted molar refractivity (Wildman–Crippen MR) is 65.4 cm³/mol. The maximum absolute atomic E-state index is 12.5. The smallest absolute Gasteiger partial charge is 0.347 e. The monoisotopic (exact) mass is 271 g/mol. The number of carbonyl (C=O) groups is 1. The number of halogens is 3. The van der Waals surface area contributed by atoms with Gasteiger partial charge >= 0.3 is 6.18 Å². The molecule has 1 aliphatic carbocycles. The lowest BCUT2D eigenvalue weighted by Gasteiger charge is -2.18. The van der Waals surface area contributed by atoms with Crippen molar-refractivity contribution in [3.05, 3.63) is 35.4 Å². The molecule has 1 amide bonds. The summed E-state index contributed by atoms with van der Waals surface area (Å²) in [6, 6.07) is 5.06. The lowest BCUT2D eigenvalue weighted by Crippen LogP contribution is -2.34. The van der Waals surface area contributed by atoms with Crippen LogP contribution in [-0.4, -0.2) is 5.91 Å². The minimum absolute atomic E-state index is 0.0418. The summed E-state index contributed by atoms with van der Waals surface area (Å²) in [5.41, 5.74) is -0.340. The Morgan fingerprint density at radius 3 is 2.26 bits per heavy atom. The molecule has 0 radical (unpaired) electrons. The first-order valence-electron chi connectivity index (χ1n) is 6.36. The Bertz CT molecular complexity index is 461. The van der Waals surface area contributed by atoms with E-state index in [1.54, 1.807) is 0 Å². The van der Waals surface area contributed by atoms with Crippen molar-refractivity contribution < 1.29 is 18.0 Å². The molecule has 2 rings (SSSR count). The molecule has 0 heterocycles. The van der Waals surface area contributed by atoms with E-state index in [2.05, 4.69) is 5.32 Å². The highest BCUT2D eigenvalue weighted by atomic mass is 19.4. The molecule has 5 heteroatoms. The van der Waals surface area contributed by atoms with Gasteiger partial charge in [-0.2, -0.15) is 13.2 Å². The van der Waals surface area contributed by atoms with Crippen LogP contribution in [0.2, 0.25) is 0 Å². The Morgan fingerprint density at radius 2 is 1.84 bits per heavy atom. The van der Waals surface area contributed by atoms with Crippen LogP contribution in [0.1, 0.15) is 43.7 Å². The van der Waals surface area contributed by atoms with Gasteiger partial charge in [0.25, 0.3) is 0 Å². The van der Waals surface area contributed by atoms with Gasteiger partial charge in [0.15, 0.2) is 0 Å². The molecule has 104 valence electrons. The van der Waals surface area contributed by atoms with E-state index in [1.807, 2.05) is 6.92 Å². The van der Waals surface area contributed by atoms with E-state index in [4.69, 9.17) is 0 Å². The number of benzene rings is 1. The summed E-state index contributed by atoms with van der Waals surface area (Å²) >= 11 is 0. The predicted octanol–water partition coefficient (Wildman–Crippen LogP) is 3.61. The minimum Gasteiger partial charge on any atom is -0.347 e. The summed E-state index contributed by atoms with van der Waals surface area (Å²) in [6.07, 6.45) is -1.54. The fraction of sp³-hybridized carbons (Fsp3) is 0.500. The number of carbonyl (C=O) groups excluding carboxylic acids is 1. The van der Waals surface area contributed by atoms with Gasteiger partial charge < -0.3 is 5.32 Å². The second-order valence-corrected chi connectivity index (χ2v) is 4.96. The molecule has 0 aliphatic heterocycles. The zero-order chi connectivity index (χ0) is 14.1. The lowest BCUT2D eigenvalue weighted by atomic mass is 10.0. The molecule has 0 atom stereocenters. The van der Waals surface area contributed by atoms with Crippen molar-refractivity contribution in [3.8, 4) is 0 Å². The Hall–Kier alpha value is -1.52. The Labute approximate surface area is 110 Å². The number of hydrogen-bond donors (Lipinski definition) is 1. The second-order valence-electron chi connectivity index (χ2n) is 4.96. The van der Waals surface area contributed by atoms with Crippen LogP contribution in [0, 0.1) is 0 Å². The van der Waals surface area contributed by atoms with E-state index in [9.17, 15) is 18.0 Å². The first-order chi connectivity index (χ1) is 8.87. The van der Waals surface area contributed by atoms with Crippen molar-refractivity contribution in [2.24, 2.45) is 0 Å². The van der Waals surface area contributed by atoms with Crippen molar-refractivity contribution >= 4 is 5.91 Å². The van der Waals surface area contributed by atoms with Gasteiger partial charge in [0.2, 0.25) is 5.91 Å². The Morgan fingerprint density at radius 1 is 1.26 bits per heavy atom. The van der Waals surface area contributed by atoms with Crippen LogP contribution in [-0.2, 0) is 16.5 Å². The van der Waals surface area contributed by atoms with Crippen LogP contribution in [0.4, 0.5) is 13.2 Å². The van der Waals surface area contributed by atoms with Gasteiger partial charge in [0.1, 0.15) is 0 Å². The quantitative estimate of drug-likeness (QED) is 0.890. The van der Waals surface area contributed by atoms with Gasteiger partial charge in [-0.15, -0.1) is 0 Å². The molecular formula is C14H16F3NO. The van der Waals surface area contributed by atoms with Crippen LogP contribution < -0.4 is 5.32 Å². The third-order valence-corrected chi connectivity index (χ3v) is 3.37. The van der Waals surface area contributed by atoms with E-state index in [-0.39, 0.29) is 5.91 Å². The van der Waals surface area contributed by atoms with Crippen LogP contribution >= 0.6 is 0 Å². The highest BCUT2D eigenvalue weighted by Crippen LogP contribution is 2.46. The number of nitrogens with one attached hydrogen (secondary N) is 1. The highest BCUT2D eigenvalue weighted by molar-refractivity contribution is 5.77. The largest absolute Gasteiger partial charge is 0.416 e. The summed E-state index contributed by atoms with van der Waals surface area (Å²) in [4.78, 5) is 11.6. The zero-order valence-corrected chi connectivity index (χ0v) is 10.7. The first-order valence-corrected chi connectivity index (χ1v) is 6.36. The summed E-state index contributed by atoms with van der Waals surface area (Å²) in [6.45, 7) is 1.91. The van der Waals surface area contributed by atoms with Crippen molar-refractivity contribution in [1.82, 2.24) is 5.32 Å². The summed E-state index contributed by atoms with van der Waals surface area (Å²) in [5, 5.41) is 2.92. The van der Waals surface area contributed by atoms with E-state index >= 15 is 0 Å². The van der Waals surface area contributed by atoms with Gasteiger partial charge in [-0.05, 0) is 37.0 Å². The molecule has 0 aromatic heterocycles. The van der Waals surface area contributed by atoms with E-state index in [0.717, 1.165) is 37.0 Å². The van der Waals surface area contributed by atoms with Gasteiger partial charge in [-0.1, -0.05) is 19.1 Å². The normalized spacial score (nSPS) is 17.1. The van der Waals surface area contributed by atoms with Crippen molar-refractivity contribution in [2.75, 3.05) is 0 Å². The maximum Gasteiger partial charge on any atom is 0.416 e. The first kappa shape index (κ1) is 13.9. The van der Waals surface area contributed by atoms with Crippen LogP contribution in [0.25, 0.3) is 0 Å². The molecule has 0 spiro atoms. The van der Waals surface area contributed by atoms with E-state index in [0.29, 0.717) is 6.42 Å². The molecule has 1 aromatic carbocycles. The van der Waals surface area contributed by atoms with Crippen LogP contribution in [0.15, 0.2) is 24.3 Å². The number of hydrogen-bond acceptors (Lipinski definition) is 1. The number of rotatable bonds is 4. The minimum atomic E-state index is -4.32. The second kappa shape index (κ2) is 4.87. The molecule has 0 bridgehead atoms. The van der Waals surface area contributed by atoms with Gasteiger partial charge in [-0.25, -0.2) is 0 Å². The Balaban J connectivity index is 2.12. The average Bonchev–Trinajstić information content (AvgIpc) is 3.09. The SMILES string of the molecule is CCCC(=O)NC1(c2ccc(C(F)(F)F)cc2)CC1. The molecule has 1 aromatic rings. The third kappa shape index (κ3) is 3.08. The van der Waals surface area contributed by atoms with Gasteiger partial charge in [0.05, 0.1) is 11.1 Å². The molecular weight excluding hydrogens is 255 g/mol. The van der Waals surface area contributed by atoms with Crippen LogP contribution in [0.3, 0.4) is 0 Å². The molecule has 0 unspecified atom stereocenters. The van der Waals surface area contributed by atoms with Crippen molar-refractivity contribution in [3.63, 3.8) is 0 Å². The maximum atomic E-state index is 12.5. The van der Waals surface area contributed by atoms with E-state index < -0.39 is 17.3 Å². The van der Waals surface area contributed by atoms with Gasteiger partial charge in [-0.3, -0.25) is 4.79 Å². The molecule has 1 N–H and O–H groups in total. The van der Waals surface area contributed by atoms with Crippen LogP contribution in [0.5, 0.6) is 0 Å². The molecule has 1 saturated carbocycles. The third-order valence-electron chi connectivity index (χ3n) is 3.37. The van der Waals surface area contributed by atoms with Crippen molar-refractivity contribution in [2.45, 2.75) is 44.3 Å².